The molecule has 0 fully saturated rings. The number of nitrogens with two attached hydrogens (primary N) is 1. The first-order valence-electron chi connectivity index (χ1n) is 5.43. The fourth-order valence-electron chi connectivity index (χ4n) is 1.63. The predicted molar refractivity (Wildman–Crippen MR) is 71.6 cm³/mol. The molecule has 5 nitrogen and oxygen atoms in total. The molecule has 6 heteroatoms. The maximum Gasteiger partial charge on any atom is 0.230 e. The highest BCUT2D eigenvalue weighted by Gasteiger charge is 2.06. The summed E-state index contributed by atoms with van der Waals surface area (Å²) in [5.41, 5.74) is 8.53. The van der Waals surface area contributed by atoms with Crippen LogP contribution in [0, 0.1) is 6.92 Å². The largest absolute Gasteiger partial charge is 0.399 e. The first-order chi connectivity index (χ1) is 8.72. The number of benzene rings is 1. The number of aromatic nitrogens is 4. The Morgan fingerprint density at radius 2 is 1.94 bits per heavy atom. The standard InChI is InChI=1S/C12H11N5S/c1-8-15-12(18-16-8)17-7-10(6-14-17)9-2-4-11(13)5-3-9/h2-7H,13H2,1H3. The second-order valence-electron chi connectivity index (χ2n) is 3.92. The zero-order chi connectivity index (χ0) is 12.5. The van der Waals surface area contributed by atoms with Gasteiger partial charge in [0, 0.05) is 29.0 Å². The molecule has 3 rings (SSSR count). The van der Waals surface area contributed by atoms with Crippen molar-refractivity contribution >= 4 is 17.2 Å². The summed E-state index contributed by atoms with van der Waals surface area (Å²) in [7, 11) is 0. The molecule has 90 valence electrons. The van der Waals surface area contributed by atoms with Crippen molar-refractivity contribution in [2.24, 2.45) is 0 Å². The first kappa shape index (κ1) is 10.9. The molecule has 3 aromatic rings. The number of rotatable bonds is 2. The van der Waals surface area contributed by atoms with Gasteiger partial charge in [0.2, 0.25) is 5.13 Å². The molecule has 0 aliphatic rings. The number of hydrogen-bond acceptors (Lipinski definition) is 5. The molecule has 0 amide bonds. The smallest absolute Gasteiger partial charge is 0.230 e. The Balaban J connectivity index is 1.96. The van der Waals surface area contributed by atoms with E-state index in [9.17, 15) is 0 Å². The van der Waals surface area contributed by atoms with Crippen LogP contribution in [0.25, 0.3) is 16.3 Å². The molecule has 0 aliphatic heterocycles. The van der Waals surface area contributed by atoms with Crippen LogP contribution in [0.15, 0.2) is 36.7 Å². The van der Waals surface area contributed by atoms with Crippen LogP contribution in [-0.4, -0.2) is 19.1 Å². The molecular formula is C12H11N5S. The van der Waals surface area contributed by atoms with E-state index in [1.165, 1.54) is 11.5 Å². The van der Waals surface area contributed by atoms with E-state index in [4.69, 9.17) is 5.73 Å². The van der Waals surface area contributed by atoms with Crippen LogP contribution < -0.4 is 5.73 Å². The molecule has 2 N–H and O–H groups in total. The highest BCUT2D eigenvalue weighted by atomic mass is 32.1. The van der Waals surface area contributed by atoms with E-state index < -0.39 is 0 Å². The normalized spacial score (nSPS) is 10.7. The van der Waals surface area contributed by atoms with Gasteiger partial charge in [-0.15, -0.1) is 0 Å². The van der Waals surface area contributed by atoms with Crippen molar-refractivity contribution in [2.45, 2.75) is 6.92 Å². The van der Waals surface area contributed by atoms with E-state index in [0.29, 0.717) is 0 Å². The van der Waals surface area contributed by atoms with Gasteiger partial charge >= 0.3 is 0 Å². The summed E-state index contributed by atoms with van der Waals surface area (Å²) in [6, 6.07) is 7.70. The number of anilines is 1. The van der Waals surface area contributed by atoms with E-state index in [-0.39, 0.29) is 0 Å². The van der Waals surface area contributed by atoms with Crippen LogP contribution in [0.5, 0.6) is 0 Å². The Labute approximate surface area is 108 Å². The van der Waals surface area contributed by atoms with Gasteiger partial charge < -0.3 is 5.73 Å². The Bertz CT molecular complexity index is 668. The topological polar surface area (TPSA) is 69.6 Å². The molecule has 0 radical (unpaired) electrons. The molecule has 0 bridgehead atoms. The van der Waals surface area contributed by atoms with E-state index in [0.717, 1.165) is 27.8 Å². The SMILES string of the molecule is Cc1nsc(-n2cc(-c3ccc(N)cc3)cn2)n1. The van der Waals surface area contributed by atoms with Crippen molar-refractivity contribution in [1.29, 1.82) is 0 Å². The van der Waals surface area contributed by atoms with Gasteiger partial charge in [-0.25, -0.2) is 9.67 Å². The van der Waals surface area contributed by atoms with Crippen molar-refractivity contribution in [3.8, 4) is 16.3 Å². The van der Waals surface area contributed by atoms with E-state index in [2.05, 4.69) is 14.5 Å². The fourth-order valence-corrected chi connectivity index (χ4v) is 2.24. The lowest BCUT2D eigenvalue weighted by Crippen LogP contribution is -1.92. The average Bonchev–Trinajstić information content (AvgIpc) is 2.98. The quantitative estimate of drug-likeness (QED) is 0.715. The zero-order valence-electron chi connectivity index (χ0n) is 9.74. The maximum atomic E-state index is 5.67. The van der Waals surface area contributed by atoms with E-state index in [1.807, 2.05) is 43.6 Å². The van der Waals surface area contributed by atoms with Crippen molar-refractivity contribution in [2.75, 3.05) is 5.73 Å². The summed E-state index contributed by atoms with van der Waals surface area (Å²) >= 11 is 1.33. The van der Waals surface area contributed by atoms with Crippen molar-refractivity contribution in [3.63, 3.8) is 0 Å². The lowest BCUT2D eigenvalue weighted by atomic mass is 10.1. The second kappa shape index (κ2) is 4.23. The van der Waals surface area contributed by atoms with Crippen LogP contribution in [0.2, 0.25) is 0 Å². The van der Waals surface area contributed by atoms with Crippen LogP contribution in [0.3, 0.4) is 0 Å². The van der Waals surface area contributed by atoms with Crippen LogP contribution in [0.1, 0.15) is 5.82 Å². The number of nitrogen functional groups attached to an aromatic ring is 1. The molecule has 0 spiro atoms. The van der Waals surface area contributed by atoms with Gasteiger partial charge in [0.25, 0.3) is 0 Å². The molecule has 1 aromatic carbocycles. The van der Waals surface area contributed by atoms with Gasteiger partial charge in [-0.2, -0.15) is 9.47 Å². The zero-order valence-corrected chi connectivity index (χ0v) is 10.6. The summed E-state index contributed by atoms with van der Waals surface area (Å²) in [4.78, 5) is 4.29. The van der Waals surface area contributed by atoms with Crippen molar-refractivity contribution < 1.29 is 0 Å². The lowest BCUT2D eigenvalue weighted by molar-refractivity contribution is 0.864. The number of hydrogen-bond donors (Lipinski definition) is 1. The molecule has 0 atom stereocenters. The Morgan fingerprint density at radius 1 is 1.17 bits per heavy atom. The second-order valence-corrected chi connectivity index (χ2v) is 4.65. The summed E-state index contributed by atoms with van der Waals surface area (Å²) in [6.07, 6.45) is 3.74. The molecular weight excluding hydrogens is 246 g/mol. The molecule has 0 aliphatic carbocycles. The fraction of sp³-hybridized carbons (Fsp3) is 0.0833. The van der Waals surface area contributed by atoms with Crippen LogP contribution >= 0.6 is 11.5 Å². The highest BCUT2D eigenvalue weighted by molar-refractivity contribution is 7.08. The van der Waals surface area contributed by atoms with Gasteiger partial charge in [0.05, 0.1) is 6.20 Å². The van der Waals surface area contributed by atoms with Crippen molar-refractivity contribution in [1.82, 2.24) is 19.1 Å². The van der Waals surface area contributed by atoms with Gasteiger partial charge in [0.1, 0.15) is 5.82 Å². The third-order valence-corrected chi connectivity index (χ3v) is 3.34. The third-order valence-electron chi connectivity index (χ3n) is 2.54. The summed E-state index contributed by atoms with van der Waals surface area (Å²) in [6.45, 7) is 1.87. The molecule has 18 heavy (non-hydrogen) atoms. The number of aryl methyl sites for hydroxylation is 1. The molecule has 2 aromatic heterocycles. The van der Waals surface area contributed by atoms with Crippen molar-refractivity contribution in [3.05, 3.63) is 42.5 Å². The molecule has 0 saturated heterocycles. The minimum absolute atomic E-state index is 0.755. The van der Waals surface area contributed by atoms with Gasteiger partial charge in [0.15, 0.2) is 0 Å². The number of nitrogens with zero attached hydrogens (tertiary/aromatic N) is 4. The van der Waals surface area contributed by atoms with Gasteiger partial charge in [-0.05, 0) is 24.6 Å². The van der Waals surface area contributed by atoms with E-state index in [1.54, 1.807) is 4.68 Å². The summed E-state index contributed by atoms with van der Waals surface area (Å²) in [5, 5.41) is 5.06. The lowest BCUT2D eigenvalue weighted by Gasteiger charge is -1.97. The Kier molecular flexibility index (Phi) is 2.56. The third kappa shape index (κ3) is 1.98. The van der Waals surface area contributed by atoms with Gasteiger partial charge in [-0.1, -0.05) is 12.1 Å². The summed E-state index contributed by atoms with van der Waals surface area (Å²) in [5.74, 6) is 0.763. The minimum atomic E-state index is 0.755. The maximum absolute atomic E-state index is 5.67. The molecule has 0 saturated carbocycles. The van der Waals surface area contributed by atoms with E-state index >= 15 is 0 Å². The molecule has 2 heterocycles. The minimum Gasteiger partial charge on any atom is -0.399 e. The average molecular weight is 257 g/mol. The highest BCUT2D eigenvalue weighted by Crippen LogP contribution is 2.21. The van der Waals surface area contributed by atoms with Gasteiger partial charge in [-0.3, -0.25) is 0 Å². The first-order valence-corrected chi connectivity index (χ1v) is 6.21. The van der Waals surface area contributed by atoms with Crippen LogP contribution in [-0.2, 0) is 0 Å². The Hall–Kier alpha value is -2.21. The Morgan fingerprint density at radius 3 is 2.61 bits per heavy atom. The molecule has 0 unspecified atom stereocenters. The summed E-state index contributed by atoms with van der Waals surface area (Å²) < 4.78 is 5.87. The van der Waals surface area contributed by atoms with Crippen LogP contribution in [0.4, 0.5) is 5.69 Å². The monoisotopic (exact) mass is 257 g/mol. The predicted octanol–water partition coefficient (Wildman–Crippen LogP) is 2.28.